The van der Waals surface area contributed by atoms with Gasteiger partial charge in [-0.1, -0.05) is 23.7 Å². The van der Waals surface area contributed by atoms with Gasteiger partial charge < -0.3 is 5.32 Å². The molecule has 0 aliphatic heterocycles. The molecule has 0 saturated heterocycles. The molecule has 0 unspecified atom stereocenters. The van der Waals surface area contributed by atoms with Crippen LogP contribution in [0.15, 0.2) is 24.3 Å². The Kier molecular flexibility index (Phi) is 5.01. The Morgan fingerprint density at radius 2 is 1.94 bits per heavy atom. The first kappa shape index (κ1) is 12.7. The summed E-state index contributed by atoms with van der Waals surface area (Å²) < 4.78 is 0. The number of hydrogen-bond acceptors (Lipinski definition) is 2. The number of rotatable bonds is 2. The SMILES string of the molecule is CC(=O)NNC(=S)NCc1ccc(Cl)cc1. The third-order valence-corrected chi connectivity index (χ3v) is 2.22. The molecule has 16 heavy (non-hydrogen) atoms. The van der Waals surface area contributed by atoms with Crippen molar-refractivity contribution in [2.24, 2.45) is 0 Å². The third-order valence-electron chi connectivity index (χ3n) is 1.72. The van der Waals surface area contributed by atoms with E-state index >= 15 is 0 Å². The number of thiocarbonyl (C=S) groups is 1. The highest BCUT2D eigenvalue weighted by molar-refractivity contribution is 7.80. The van der Waals surface area contributed by atoms with Crippen LogP contribution in [0.2, 0.25) is 5.02 Å². The summed E-state index contributed by atoms with van der Waals surface area (Å²) in [5.74, 6) is -0.198. The van der Waals surface area contributed by atoms with Gasteiger partial charge >= 0.3 is 0 Å². The molecule has 3 N–H and O–H groups in total. The number of carbonyl (C=O) groups is 1. The first-order chi connectivity index (χ1) is 7.58. The Morgan fingerprint density at radius 1 is 1.31 bits per heavy atom. The normalized spacial score (nSPS) is 9.38. The molecular formula is C10H12ClN3OS. The fourth-order valence-corrected chi connectivity index (χ4v) is 1.22. The van der Waals surface area contributed by atoms with Crippen LogP contribution in [0.4, 0.5) is 0 Å². The molecule has 86 valence electrons. The summed E-state index contributed by atoms with van der Waals surface area (Å²) in [5, 5.41) is 4.00. The quantitative estimate of drug-likeness (QED) is 0.553. The van der Waals surface area contributed by atoms with Gasteiger partial charge in [-0.15, -0.1) is 0 Å². The molecule has 0 aliphatic carbocycles. The molecule has 0 bridgehead atoms. The monoisotopic (exact) mass is 257 g/mol. The maximum absolute atomic E-state index is 10.6. The first-order valence-corrected chi connectivity index (χ1v) is 5.41. The molecule has 0 aliphatic rings. The van der Waals surface area contributed by atoms with Gasteiger partial charge in [0.25, 0.3) is 0 Å². The van der Waals surface area contributed by atoms with E-state index in [1.54, 1.807) is 0 Å². The zero-order valence-electron chi connectivity index (χ0n) is 8.71. The summed E-state index contributed by atoms with van der Waals surface area (Å²) in [7, 11) is 0. The van der Waals surface area contributed by atoms with Crippen molar-refractivity contribution in [2.75, 3.05) is 0 Å². The molecular weight excluding hydrogens is 246 g/mol. The highest BCUT2D eigenvalue weighted by Gasteiger charge is 1.97. The van der Waals surface area contributed by atoms with Gasteiger partial charge in [0.05, 0.1) is 0 Å². The Morgan fingerprint density at radius 3 is 2.50 bits per heavy atom. The second kappa shape index (κ2) is 6.30. The minimum Gasteiger partial charge on any atom is -0.357 e. The van der Waals surface area contributed by atoms with Gasteiger partial charge in [-0.2, -0.15) is 0 Å². The van der Waals surface area contributed by atoms with E-state index in [0.717, 1.165) is 5.56 Å². The van der Waals surface area contributed by atoms with Crippen LogP contribution < -0.4 is 16.2 Å². The number of hydrogen-bond donors (Lipinski definition) is 3. The van der Waals surface area contributed by atoms with Crippen LogP contribution >= 0.6 is 23.8 Å². The smallest absolute Gasteiger partial charge is 0.235 e. The van der Waals surface area contributed by atoms with Gasteiger partial charge in [0.2, 0.25) is 5.91 Å². The molecule has 0 aromatic heterocycles. The zero-order valence-corrected chi connectivity index (χ0v) is 10.3. The van der Waals surface area contributed by atoms with Gasteiger partial charge in [-0.3, -0.25) is 15.6 Å². The lowest BCUT2D eigenvalue weighted by Gasteiger charge is -2.10. The molecule has 0 radical (unpaired) electrons. The van der Waals surface area contributed by atoms with Gasteiger partial charge in [-0.05, 0) is 29.9 Å². The van der Waals surface area contributed by atoms with Crippen molar-refractivity contribution < 1.29 is 4.79 Å². The topological polar surface area (TPSA) is 53.2 Å². The molecule has 6 heteroatoms. The molecule has 0 heterocycles. The predicted molar refractivity (Wildman–Crippen MR) is 67.8 cm³/mol. The molecule has 1 aromatic rings. The van der Waals surface area contributed by atoms with Crippen molar-refractivity contribution in [1.29, 1.82) is 0 Å². The number of amides is 1. The van der Waals surface area contributed by atoms with Crippen molar-refractivity contribution >= 4 is 34.8 Å². The number of nitrogens with one attached hydrogen (secondary N) is 3. The highest BCUT2D eigenvalue weighted by Crippen LogP contribution is 2.08. The summed E-state index contributed by atoms with van der Waals surface area (Å²) in [4.78, 5) is 10.6. The van der Waals surface area contributed by atoms with Crippen molar-refractivity contribution in [2.45, 2.75) is 13.5 Å². The molecule has 1 aromatic carbocycles. The van der Waals surface area contributed by atoms with Crippen molar-refractivity contribution in [3.8, 4) is 0 Å². The largest absolute Gasteiger partial charge is 0.357 e. The minimum absolute atomic E-state index is 0.198. The first-order valence-electron chi connectivity index (χ1n) is 4.63. The molecule has 0 atom stereocenters. The number of carbonyl (C=O) groups excluding carboxylic acids is 1. The number of halogens is 1. The lowest BCUT2D eigenvalue weighted by molar-refractivity contribution is -0.119. The highest BCUT2D eigenvalue weighted by atomic mass is 35.5. The Balaban J connectivity index is 2.31. The lowest BCUT2D eigenvalue weighted by Crippen LogP contribution is -2.45. The van der Waals surface area contributed by atoms with E-state index in [2.05, 4.69) is 16.2 Å². The Bertz CT molecular complexity index is 380. The van der Waals surface area contributed by atoms with Crippen LogP contribution in [0.1, 0.15) is 12.5 Å². The van der Waals surface area contributed by atoms with Gasteiger partial charge in [0.1, 0.15) is 0 Å². The maximum Gasteiger partial charge on any atom is 0.235 e. The zero-order chi connectivity index (χ0) is 12.0. The van der Waals surface area contributed by atoms with Crippen LogP contribution in [0.3, 0.4) is 0 Å². The maximum atomic E-state index is 10.6. The van der Waals surface area contributed by atoms with Gasteiger partial charge in [0, 0.05) is 18.5 Å². The van der Waals surface area contributed by atoms with Crippen LogP contribution in [0.5, 0.6) is 0 Å². The van der Waals surface area contributed by atoms with Crippen LogP contribution in [-0.4, -0.2) is 11.0 Å². The molecule has 0 fully saturated rings. The fraction of sp³-hybridized carbons (Fsp3) is 0.200. The van der Waals surface area contributed by atoms with E-state index in [9.17, 15) is 4.79 Å². The molecule has 1 rings (SSSR count). The molecule has 0 saturated carbocycles. The van der Waals surface area contributed by atoms with E-state index in [1.165, 1.54) is 6.92 Å². The third kappa shape index (κ3) is 4.95. The number of benzene rings is 1. The van der Waals surface area contributed by atoms with Crippen molar-refractivity contribution in [1.82, 2.24) is 16.2 Å². The molecule has 4 nitrogen and oxygen atoms in total. The van der Waals surface area contributed by atoms with Crippen molar-refractivity contribution in [3.05, 3.63) is 34.9 Å². The minimum atomic E-state index is -0.198. The van der Waals surface area contributed by atoms with E-state index in [1.807, 2.05) is 24.3 Å². The summed E-state index contributed by atoms with van der Waals surface area (Å²) in [6.45, 7) is 1.97. The average molecular weight is 258 g/mol. The predicted octanol–water partition coefficient (Wildman–Crippen LogP) is 1.36. The van der Waals surface area contributed by atoms with Gasteiger partial charge in [0.15, 0.2) is 5.11 Å². The second-order valence-electron chi connectivity index (χ2n) is 3.12. The van der Waals surface area contributed by atoms with Gasteiger partial charge in [-0.25, -0.2) is 0 Å². The average Bonchev–Trinajstić information content (AvgIpc) is 2.25. The fourth-order valence-electron chi connectivity index (χ4n) is 0.974. The standard InChI is InChI=1S/C10H12ClN3OS/c1-7(15)13-14-10(16)12-6-8-2-4-9(11)5-3-8/h2-5H,6H2,1H3,(H,13,15)(H2,12,14,16). The Labute approximate surface area is 104 Å². The van der Waals surface area contributed by atoms with E-state index in [-0.39, 0.29) is 5.91 Å². The van der Waals surface area contributed by atoms with Crippen LogP contribution in [-0.2, 0) is 11.3 Å². The van der Waals surface area contributed by atoms with Crippen LogP contribution in [0.25, 0.3) is 0 Å². The summed E-state index contributed by atoms with van der Waals surface area (Å²) in [6.07, 6.45) is 0. The summed E-state index contributed by atoms with van der Waals surface area (Å²) in [5.41, 5.74) is 5.99. The lowest BCUT2D eigenvalue weighted by atomic mass is 10.2. The molecule has 1 amide bonds. The van der Waals surface area contributed by atoms with E-state index < -0.39 is 0 Å². The Hall–Kier alpha value is -1.33. The van der Waals surface area contributed by atoms with E-state index in [4.69, 9.17) is 23.8 Å². The molecule has 0 spiro atoms. The summed E-state index contributed by atoms with van der Waals surface area (Å²) in [6, 6.07) is 7.42. The van der Waals surface area contributed by atoms with Crippen LogP contribution in [0, 0.1) is 0 Å². The summed E-state index contributed by atoms with van der Waals surface area (Å²) >= 11 is 10.7. The second-order valence-corrected chi connectivity index (χ2v) is 3.96. The van der Waals surface area contributed by atoms with E-state index in [0.29, 0.717) is 16.7 Å². The van der Waals surface area contributed by atoms with Crippen molar-refractivity contribution in [3.63, 3.8) is 0 Å². The number of hydrazine groups is 1.